The average molecular weight is 373 g/mol. The largest absolute Gasteiger partial charge is 0.308 e. The molecule has 5 rings (SSSR count). The number of para-hydroxylation sites is 2. The summed E-state index contributed by atoms with van der Waals surface area (Å²) in [7, 11) is 0. The average Bonchev–Trinajstić information content (AvgIpc) is 2.96. The van der Waals surface area contributed by atoms with Crippen molar-refractivity contribution in [3.05, 3.63) is 83.5 Å². The van der Waals surface area contributed by atoms with Gasteiger partial charge in [0.25, 0.3) is 0 Å². The van der Waals surface area contributed by atoms with Gasteiger partial charge in [-0.15, -0.1) is 0 Å². The van der Waals surface area contributed by atoms with Gasteiger partial charge in [0.1, 0.15) is 0 Å². The second kappa shape index (κ2) is 5.18. The smallest absolute Gasteiger partial charge is 0.0730 e. The third-order valence-corrected chi connectivity index (χ3v) is 4.97. The highest BCUT2D eigenvalue weighted by Gasteiger charge is 2.15. The molecule has 5 aromatic rings. The van der Waals surface area contributed by atoms with E-state index >= 15 is 0 Å². The normalized spacial score (nSPS) is 11.5. The van der Waals surface area contributed by atoms with E-state index in [0.717, 1.165) is 21.2 Å². The van der Waals surface area contributed by atoms with Crippen molar-refractivity contribution in [1.82, 2.24) is 9.55 Å². The van der Waals surface area contributed by atoms with E-state index < -0.39 is 0 Å². The lowest BCUT2D eigenvalue weighted by molar-refractivity contribution is 1.17. The van der Waals surface area contributed by atoms with Gasteiger partial charge in [0.2, 0.25) is 0 Å². The lowest BCUT2D eigenvalue weighted by Gasteiger charge is -2.07. The quantitative estimate of drug-likeness (QED) is 0.347. The number of benzene rings is 3. The van der Waals surface area contributed by atoms with E-state index in [1.54, 1.807) is 0 Å². The van der Waals surface area contributed by atoms with Gasteiger partial charge in [0, 0.05) is 26.3 Å². The topological polar surface area (TPSA) is 17.8 Å². The molecule has 0 saturated heterocycles. The third-order valence-electron chi connectivity index (χ3n) is 4.48. The van der Waals surface area contributed by atoms with Crippen molar-refractivity contribution in [3.63, 3.8) is 0 Å². The fourth-order valence-electron chi connectivity index (χ4n) is 3.47. The minimum absolute atomic E-state index is 1.03. The van der Waals surface area contributed by atoms with E-state index in [4.69, 9.17) is 0 Å². The van der Waals surface area contributed by atoms with Crippen LogP contribution < -0.4 is 0 Å². The van der Waals surface area contributed by atoms with E-state index in [-0.39, 0.29) is 0 Å². The van der Waals surface area contributed by atoms with Gasteiger partial charge in [-0.1, -0.05) is 52.3 Å². The number of hydrogen-bond acceptors (Lipinski definition) is 1. The molecule has 0 bridgehead atoms. The van der Waals surface area contributed by atoms with Crippen LogP contribution in [0.5, 0.6) is 0 Å². The third kappa shape index (κ3) is 1.91. The Morgan fingerprint density at radius 3 is 2.42 bits per heavy atom. The van der Waals surface area contributed by atoms with Gasteiger partial charge in [-0.3, -0.25) is 4.98 Å². The first-order valence-corrected chi connectivity index (χ1v) is 8.65. The van der Waals surface area contributed by atoms with Gasteiger partial charge in [0.05, 0.1) is 22.7 Å². The molecule has 0 radical (unpaired) electrons. The molecule has 0 aliphatic carbocycles. The molecule has 0 fully saturated rings. The molecule has 24 heavy (non-hydrogen) atoms. The molecule has 0 N–H and O–H groups in total. The van der Waals surface area contributed by atoms with E-state index in [1.807, 2.05) is 18.3 Å². The maximum Gasteiger partial charge on any atom is 0.0730 e. The highest BCUT2D eigenvalue weighted by atomic mass is 79.9. The van der Waals surface area contributed by atoms with Crippen LogP contribution in [0, 0.1) is 0 Å². The summed E-state index contributed by atoms with van der Waals surface area (Å²) in [5.74, 6) is 0. The fourth-order valence-corrected chi connectivity index (χ4v) is 3.83. The fraction of sp³-hybridized carbons (Fsp3) is 0. The Bertz CT molecular complexity index is 1210. The summed E-state index contributed by atoms with van der Waals surface area (Å²) in [6.45, 7) is 0. The Labute approximate surface area is 147 Å². The number of halogens is 1. The molecule has 2 aromatic heterocycles. The van der Waals surface area contributed by atoms with Gasteiger partial charge in [-0.05, 0) is 36.4 Å². The molecule has 2 heterocycles. The van der Waals surface area contributed by atoms with Crippen LogP contribution in [0.2, 0.25) is 0 Å². The van der Waals surface area contributed by atoms with Crippen molar-refractivity contribution in [2.24, 2.45) is 0 Å². The number of pyridine rings is 1. The van der Waals surface area contributed by atoms with Gasteiger partial charge in [-0.25, -0.2) is 0 Å². The zero-order valence-electron chi connectivity index (χ0n) is 12.8. The molecule has 0 unspecified atom stereocenters. The van der Waals surface area contributed by atoms with Crippen molar-refractivity contribution < 1.29 is 0 Å². The van der Waals surface area contributed by atoms with Crippen molar-refractivity contribution in [2.75, 3.05) is 0 Å². The summed E-state index contributed by atoms with van der Waals surface area (Å²) < 4.78 is 3.37. The Kier molecular flexibility index (Phi) is 2.97. The molecular formula is C21H13BrN2. The van der Waals surface area contributed by atoms with Crippen LogP contribution in [-0.4, -0.2) is 9.55 Å². The summed E-state index contributed by atoms with van der Waals surface area (Å²) in [5.41, 5.74) is 4.50. The van der Waals surface area contributed by atoms with Crippen LogP contribution in [0.3, 0.4) is 0 Å². The van der Waals surface area contributed by atoms with Gasteiger partial charge in [0.15, 0.2) is 0 Å². The number of hydrogen-bond donors (Lipinski definition) is 0. The Morgan fingerprint density at radius 1 is 0.750 bits per heavy atom. The van der Waals surface area contributed by atoms with E-state index in [0.29, 0.717) is 0 Å². The molecule has 0 aliphatic heterocycles. The van der Waals surface area contributed by atoms with Crippen molar-refractivity contribution in [3.8, 4) is 5.69 Å². The maximum atomic E-state index is 4.68. The summed E-state index contributed by atoms with van der Waals surface area (Å²) in [6.07, 6.45) is 1.98. The molecule has 0 saturated carbocycles. The van der Waals surface area contributed by atoms with E-state index in [1.165, 1.54) is 21.7 Å². The molecule has 3 aromatic carbocycles. The predicted octanol–water partition coefficient (Wildman–Crippen LogP) is 6.09. The van der Waals surface area contributed by atoms with Gasteiger partial charge in [-0.2, -0.15) is 0 Å². The molecule has 0 amide bonds. The summed E-state index contributed by atoms with van der Waals surface area (Å²) in [6, 6.07) is 25.2. The second-order valence-electron chi connectivity index (χ2n) is 5.87. The van der Waals surface area contributed by atoms with E-state index in [9.17, 15) is 0 Å². The molecule has 0 spiro atoms. The zero-order chi connectivity index (χ0) is 16.1. The minimum Gasteiger partial charge on any atom is -0.308 e. The highest BCUT2D eigenvalue weighted by molar-refractivity contribution is 9.10. The first-order valence-electron chi connectivity index (χ1n) is 7.86. The Hall–Kier alpha value is -2.65. The van der Waals surface area contributed by atoms with Gasteiger partial charge < -0.3 is 4.57 Å². The molecule has 3 heteroatoms. The first-order chi connectivity index (χ1) is 11.8. The predicted molar refractivity (Wildman–Crippen MR) is 104 cm³/mol. The summed E-state index contributed by atoms with van der Waals surface area (Å²) >= 11 is 3.62. The van der Waals surface area contributed by atoms with Gasteiger partial charge >= 0.3 is 0 Å². The summed E-state index contributed by atoms with van der Waals surface area (Å²) in [4.78, 5) is 4.68. The summed E-state index contributed by atoms with van der Waals surface area (Å²) in [5, 5.41) is 3.68. The van der Waals surface area contributed by atoms with Crippen LogP contribution in [-0.2, 0) is 0 Å². The monoisotopic (exact) mass is 372 g/mol. The van der Waals surface area contributed by atoms with Crippen LogP contribution in [0.25, 0.3) is 38.4 Å². The Balaban J connectivity index is 2.07. The molecule has 114 valence electrons. The van der Waals surface area contributed by atoms with Crippen LogP contribution >= 0.6 is 15.9 Å². The number of nitrogens with zero attached hydrogens (tertiary/aromatic N) is 2. The van der Waals surface area contributed by atoms with E-state index in [2.05, 4.69) is 86.1 Å². The molecule has 0 aliphatic rings. The molecular weight excluding hydrogens is 360 g/mol. The van der Waals surface area contributed by atoms with Crippen LogP contribution in [0.15, 0.2) is 83.5 Å². The standard InChI is InChI=1S/C21H13BrN2/c22-14-10-11-19-17(12-14)21-16-8-4-5-9-18(16)23-13-20(21)24(19)15-6-2-1-3-7-15/h1-13H. The van der Waals surface area contributed by atoms with Crippen molar-refractivity contribution in [2.45, 2.75) is 0 Å². The van der Waals surface area contributed by atoms with Crippen LogP contribution in [0.1, 0.15) is 0 Å². The molecule has 2 nitrogen and oxygen atoms in total. The number of aromatic nitrogens is 2. The van der Waals surface area contributed by atoms with Crippen LogP contribution in [0.4, 0.5) is 0 Å². The first kappa shape index (κ1) is 13.8. The SMILES string of the molecule is Brc1ccc2c(c1)c1c3ccccc3ncc1n2-c1ccccc1. The highest BCUT2D eigenvalue weighted by Crippen LogP contribution is 2.36. The lowest BCUT2D eigenvalue weighted by Crippen LogP contribution is -1.93. The van der Waals surface area contributed by atoms with Crippen molar-refractivity contribution in [1.29, 1.82) is 0 Å². The minimum atomic E-state index is 1.03. The van der Waals surface area contributed by atoms with Crippen molar-refractivity contribution >= 4 is 48.6 Å². The Morgan fingerprint density at radius 2 is 1.54 bits per heavy atom. The molecule has 0 atom stereocenters. The second-order valence-corrected chi connectivity index (χ2v) is 6.78. The number of rotatable bonds is 1. The zero-order valence-corrected chi connectivity index (χ0v) is 14.4. The maximum absolute atomic E-state index is 4.68. The lowest BCUT2D eigenvalue weighted by atomic mass is 10.1. The number of fused-ring (bicyclic) bond motifs is 5.